The van der Waals surface area contributed by atoms with Crippen molar-refractivity contribution in [3.8, 4) is 5.75 Å². The minimum absolute atomic E-state index is 0.0100. The van der Waals surface area contributed by atoms with Gasteiger partial charge in [-0.05, 0) is 34.7 Å². The fourth-order valence-electron chi connectivity index (χ4n) is 1.95. The van der Waals surface area contributed by atoms with Gasteiger partial charge >= 0.3 is 0 Å². The summed E-state index contributed by atoms with van der Waals surface area (Å²) in [6, 6.07) is 15.7. The Balaban J connectivity index is 2.21. The molecular weight excluding hydrogens is 248 g/mol. The molecule has 0 amide bonds. The first-order valence-corrected chi connectivity index (χ1v) is 6.76. The van der Waals surface area contributed by atoms with Crippen molar-refractivity contribution >= 4 is 6.29 Å². The molecule has 20 heavy (non-hydrogen) atoms. The third-order valence-electron chi connectivity index (χ3n) is 3.18. The lowest BCUT2D eigenvalue weighted by molar-refractivity contribution is 0.112. The molecule has 0 unspecified atom stereocenters. The third-order valence-corrected chi connectivity index (χ3v) is 3.18. The number of benzene rings is 2. The minimum atomic E-state index is -0.0100. The van der Waals surface area contributed by atoms with Crippen molar-refractivity contribution in [2.24, 2.45) is 0 Å². The molecular formula is C18H20O2. The SMILES string of the molecule is CC(C)(C)c1cc(C=O)cc(OCc2ccccc2)c1. The molecule has 2 heteroatoms. The molecule has 0 saturated carbocycles. The van der Waals surface area contributed by atoms with Gasteiger partial charge in [-0.3, -0.25) is 4.79 Å². The lowest BCUT2D eigenvalue weighted by Gasteiger charge is -2.20. The molecule has 0 spiro atoms. The zero-order chi connectivity index (χ0) is 14.6. The van der Waals surface area contributed by atoms with Crippen LogP contribution in [0.5, 0.6) is 5.75 Å². The minimum Gasteiger partial charge on any atom is -0.489 e. The number of aldehydes is 1. The maximum absolute atomic E-state index is 11.1. The monoisotopic (exact) mass is 268 g/mol. The number of hydrogen-bond acceptors (Lipinski definition) is 2. The van der Waals surface area contributed by atoms with E-state index in [1.165, 1.54) is 0 Å². The van der Waals surface area contributed by atoms with Gasteiger partial charge in [-0.15, -0.1) is 0 Å². The molecule has 0 aromatic heterocycles. The fraction of sp³-hybridized carbons (Fsp3) is 0.278. The summed E-state index contributed by atoms with van der Waals surface area (Å²) in [4.78, 5) is 11.1. The molecule has 0 aliphatic rings. The molecule has 0 bridgehead atoms. The highest BCUT2D eigenvalue weighted by molar-refractivity contribution is 5.76. The lowest BCUT2D eigenvalue weighted by atomic mass is 9.86. The number of ether oxygens (including phenoxy) is 1. The normalized spacial score (nSPS) is 11.2. The maximum atomic E-state index is 11.1. The van der Waals surface area contributed by atoms with Gasteiger partial charge in [0.05, 0.1) is 0 Å². The van der Waals surface area contributed by atoms with Crippen LogP contribution in [-0.4, -0.2) is 6.29 Å². The molecule has 2 nitrogen and oxygen atoms in total. The van der Waals surface area contributed by atoms with Crippen LogP contribution < -0.4 is 4.74 Å². The number of rotatable bonds is 4. The van der Waals surface area contributed by atoms with Crippen molar-refractivity contribution < 1.29 is 9.53 Å². The van der Waals surface area contributed by atoms with E-state index in [1.807, 2.05) is 42.5 Å². The molecule has 0 fully saturated rings. The standard InChI is InChI=1S/C18H20O2/c1-18(2,3)16-9-15(12-19)10-17(11-16)20-13-14-7-5-4-6-8-14/h4-12H,13H2,1-3H3. The van der Waals surface area contributed by atoms with Crippen molar-refractivity contribution in [1.82, 2.24) is 0 Å². The Labute approximate surface area is 120 Å². The van der Waals surface area contributed by atoms with Gasteiger partial charge in [0, 0.05) is 5.56 Å². The van der Waals surface area contributed by atoms with E-state index in [-0.39, 0.29) is 5.41 Å². The Hall–Kier alpha value is -2.09. The Kier molecular flexibility index (Phi) is 4.23. The summed E-state index contributed by atoms with van der Waals surface area (Å²) in [6.07, 6.45) is 0.866. The van der Waals surface area contributed by atoms with E-state index in [4.69, 9.17) is 4.74 Å². The van der Waals surface area contributed by atoms with Gasteiger partial charge in [-0.1, -0.05) is 51.1 Å². The van der Waals surface area contributed by atoms with Crippen LogP contribution in [0.1, 0.15) is 42.3 Å². The Morgan fingerprint density at radius 2 is 1.75 bits per heavy atom. The third kappa shape index (κ3) is 3.70. The second-order valence-electron chi connectivity index (χ2n) is 5.93. The molecule has 0 N–H and O–H groups in total. The molecule has 104 valence electrons. The lowest BCUT2D eigenvalue weighted by Crippen LogP contribution is -2.12. The van der Waals surface area contributed by atoms with Crippen LogP contribution in [-0.2, 0) is 12.0 Å². The van der Waals surface area contributed by atoms with Crippen molar-refractivity contribution in [3.63, 3.8) is 0 Å². The smallest absolute Gasteiger partial charge is 0.150 e. The first kappa shape index (κ1) is 14.3. The molecule has 0 heterocycles. The summed E-state index contributed by atoms with van der Waals surface area (Å²) in [6.45, 7) is 6.88. The largest absolute Gasteiger partial charge is 0.489 e. The van der Waals surface area contributed by atoms with E-state index in [1.54, 1.807) is 6.07 Å². The van der Waals surface area contributed by atoms with E-state index in [0.717, 1.165) is 23.2 Å². The summed E-state index contributed by atoms with van der Waals surface area (Å²) in [5, 5.41) is 0. The second-order valence-corrected chi connectivity index (χ2v) is 5.93. The molecule has 0 radical (unpaired) electrons. The van der Waals surface area contributed by atoms with Crippen molar-refractivity contribution in [3.05, 3.63) is 65.2 Å². The molecule has 0 aliphatic carbocycles. The Bertz CT molecular complexity index is 580. The summed E-state index contributed by atoms with van der Waals surface area (Å²) in [5.74, 6) is 0.739. The molecule has 0 atom stereocenters. The van der Waals surface area contributed by atoms with Gasteiger partial charge in [-0.25, -0.2) is 0 Å². The number of carbonyl (C=O) groups excluding carboxylic acids is 1. The Morgan fingerprint density at radius 1 is 1.05 bits per heavy atom. The molecule has 0 saturated heterocycles. The first-order valence-electron chi connectivity index (χ1n) is 6.76. The average molecular weight is 268 g/mol. The van der Waals surface area contributed by atoms with Crippen molar-refractivity contribution in [1.29, 1.82) is 0 Å². The maximum Gasteiger partial charge on any atom is 0.150 e. The van der Waals surface area contributed by atoms with Gasteiger partial charge in [0.1, 0.15) is 18.6 Å². The van der Waals surface area contributed by atoms with Crippen molar-refractivity contribution in [2.45, 2.75) is 32.8 Å². The molecule has 2 aromatic carbocycles. The van der Waals surface area contributed by atoms with Gasteiger partial charge in [-0.2, -0.15) is 0 Å². The molecule has 2 aromatic rings. The van der Waals surface area contributed by atoms with E-state index >= 15 is 0 Å². The van der Waals surface area contributed by atoms with Crippen LogP contribution in [0.25, 0.3) is 0 Å². The van der Waals surface area contributed by atoms with E-state index in [9.17, 15) is 4.79 Å². The van der Waals surface area contributed by atoms with Gasteiger partial charge in [0.2, 0.25) is 0 Å². The predicted molar refractivity (Wildman–Crippen MR) is 81.3 cm³/mol. The van der Waals surface area contributed by atoms with Crippen LogP contribution in [0.3, 0.4) is 0 Å². The molecule has 0 aliphatic heterocycles. The zero-order valence-corrected chi connectivity index (χ0v) is 12.2. The summed E-state index contributed by atoms with van der Waals surface area (Å²) in [7, 11) is 0. The van der Waals surface area contributed by atoms with Crippen molar-refractivity contribution in [2.75, 3.05) is 0 Å². The van der Waals surface area contributed by atoms with E-state index < -0.39 is 0 Å². The summed E-state index contributed by atoms with van der Waals surface area (Å²) >= 11 is 0. The molecule has 2 rings (SSSR count). The van der Waals surface area contributed by atoms with Crippen LogP contribution in [0.2, 0.25) is 0 Å². The zero-order valence-electron chi connectivity index (χ0n) is 12.2. The number of carbonyl (C=O) groups is 1. The van der Waals surface area contributed by atoms with Crippen LogP contribution in [0.4, 0.5) is 0 Å². The highest BCUT2D eigenvalue weighted by atomic mass is 16.5. The number of hydrogen-bond donors (Lipinski definition) is 0. The van der Waals surface area contributed by atoms with E-state index in [2.05, 4.69) is 20.8 Å². The first-order chi connectivity index (χ1) is 9.49. The highest BCUT2D eigenvalue weighted by Gasteiger charge is 2.15. The quantitative estimate of drug-likeness (QED) is 0.769. The second kappa shape index (κ2) is 5.91. The van der Waals surface area contributed by atoms with Gasteiger partial charge < -0.3 is 4.74 Å². The van der Waals surface area contributed by atoms with Crippen LogP contribution in [0.15, 0.2) is 48.5 Å². The van der Waals surface area contributed by atoms with Crippen LogP contribution >= 0.6 is 0 Å². The van der Waals surface area contributed by atoms with Gasteiger partial charge in [0.15, 0.2) is 0 Å². The van der Waals surface area contributed by atoms with Gasteiger partial charge in [0.25, 0.3) is 0 Å². The fourth-order valence-corrected chi connectivity index (χ4v) is 1.95. The predicted octanol–water partition coefficient (Wildman–Crippen LogP) is 4.38. The summed E-state index contributed by atoms with van der Waals surface area (Å²) < 4.78 is 5.81. The Morgan fingerprint density at radius 3 is 2.35 bits per heavy atom. The van der Waals surface area contributed by atoms with Crippen LogP contribution in [0, 0.1) is 0 Å². The highest BCUT2D eigenvalue weighted by Crippen LogP contribution is 2.27. The van der Waals surface area contributed by atoms with E-state index in [0.29, 0.717) is 12.2 Å². The summed E-state index contributed by atoms with van der Waals surface area (Å²) in [5.41, 5.74) is 2.86. The average Bonchev–Trinajstić information content (AvgIpc) is 2.45. The topological polar surface area (TPSA) is 26.3 Å².